The summed E-state index contributed by atoms with van der Waals surface area (Å²) >= 11 is 3.44. The Hall–Kier alpha value is -1.42. The highest BCUT2D eigenvalue weighted by atomic mass is 79.9. The highest BCUT2D eigenvalue weighted by Crippen LogP contribution is 2.25. The van der Waals surface area contributed by atoms with Crippen LogP contribution in [0.25, 0.3) is 0 Å². The maximum absolute atomic E-state index is 4.54. The number of rotatable bonds is 4. The van der Waals surface area contributed by atoms with Crippen LogP contribution in [0.15, 0.2) is 34.9 Å². The maximum atomic E-state index is 4.54. The van der Waals surface area contributed by atoms with Gasteiger partial charge in [0.2, 0.25) is 0 Å². The number of nitrogens with one attached hydrogen (secondary N) is 1. The second-order valence-electron chi connectivity index (χ2n) is 6.19. The molecule has 0 fully saturated rings. The van der Waals surface area contributed by atoms with Crippen molar-refractivity contribution in [3.8, 4) is 0 Å². The summed E-state index contributed by atoms with van der Waals surface area (Å²) in [5, 5.41) is 3.34. The van der Waals surface area contributed by atoms with E-state index in [-0.39, 0.29) is 5.41 Å². The molecule has 2 aromatic rings. The molecule has 0 bridgehead atoms. The second-order valence-corrected chi connectivity index (χ2v) is 7.01. The lowest BCUT2D eigenvalue weighted by molar-refractivity contribution is 0.590. The van der Waals surface area contributed by atoms with E-state index < -0.39 is 0 Å². The highest BCUT2D eigenvalue weighted by Gasteiger charge is 2.13. The van der Waals surface area contributed by atoms with Crippen LogP contribution in [0.4, 0.5) is 11.5 Å². The summed E-state index contributed by atoms with van der Waals surface area (Å²) in [4.78, 5) is 8.91. The van der Waals surface area contributed by atoms with E-state index >= 15 is 0 Å². The van der Waals surface area contributed by atoms with Gasteiger partial charge in [-0.15, -0.1) is 0 Å². The number of aryl methyl sites for hydroxylation is 1. The van der Waals surface area contributed by atoms with E-state index in [4.69, 9.17) is 0 Å². The van der Waals surface area contributed by atoms with Gasteiger partial charge in [0.1, 0.15) is 16.2 Å². The topological polar surface area (TPSA) is 37.8 Å². The molecule has 0 aliphatic heterocycles. The molecule has 112 valence electrons. The van der Waals surface area contributed by atoms with Crippen molar-refractivity contribution in [2.75, 3.05) is 5.32 Å². The molecule has 0 aliphatic rings. The smallest absolute Gasteiger partial charge is 0.135 e. The summed E-state index contributed by atoms with van der Waals surface area (Å²) in [6.07, 6.45) is 1.92. The van der Waals surface area contributed by atoms with E-state index in [0.29, 0.717) is 0 Å². The number of hydrogen-bond donors (Lipinski definition) is 1. The van der Waals surface area contributed by atoms with Crippen LogP contribution in [-0.2, 0) is 11.8 Å². The summed E-state index contributed by atoms with van der Waals surface area (Å²) in [6, 6.07) is 10.4. The van der Waals surface area contributed by atoms with Crippen LogP contribution in [0.1, 0.15) is 45.5 Å². The van der Waals surface area contributed by atoms with Gasteiger partial charge in [0.15, 0.2) is 0 Å². The molecule has 1 heterocycles. The largest absolute Gasteiger partial charge is 0.340 e. The third-order valence-electron chi connectivity index (χ3n) is 3.24. The van der Waals surface area contributed by atoms with Crippen LogP contribution in [0.5, 0.6) is 0 Å². The third-order valence-corrected chi connectivity index (χ3v) is 3.64. The number of halogens is 1. The zero-order valence-electron chi connectivity index (χ0n) is 13.1. The van der Waals surface area contributed by atoms with Crippen LogP contribution in [0.3, 0.4) is 0 Å². The van der Waals surface area contributed by atoms with Crippen molar-refractivity contribution in [1.82, 2.24) is 9.97 Å². The molecule has 1 N–H and O–H groups in total. The highest BCUT2D eigenvalue weighted by molar-refractivity contribution is 9.10. The molecule has 0 spiro atoms. The van der Waals surface area contributed by atoms with Gasteiger partial charge in [-0.05, 0) is 45.5 Å². The molecular formula is C17H22BrN3. The van der Waals surface area contributed by atoms with Crippen LogP contribution in [0, 0.1) is 0 Å². The maximum Gasteiger partial charge on any atom is 0.135 e. The lowest BCUT2D eigenvalue weighted by Gasteiger charge is -2.19. The van der Waals surface area contributed by atoms with Crippen molar-refractivity contribution in [1.29, 1.82) is 0 Å². The third kappa shape index (κ3) is 4.53. The number of hydrogen-bond acceptors (Lipinski definition) is 3. The summed E-state index contributed by atoms with van der Waals surface area (Å²) < 4.78 is 0.815. The van der Waals surface area contributed by atoms with E-state index in [9.17, 15) is 0 Å². The van der Waals surface area contributed by atoms with Crippen molar-refractivity contribution in [2.24, 2.45) is 0 Å². The number of nitrogens with zero attached hydrogens (tertiary/aromatic N) is 2. The summed E-state index contributed by atoms with van der Waals surface area (Å²) in [6.45, 7) is 8.78. The van der Waals surface area contributed by atoms with Gasteiger partial charge in [-0.25, -0.2) is 9.97 Å². The number of anilines is 2. The molecule has 0 saturated heterocycles. The first kappa shape index (κ1) is 16.0. The summed E-state index contributed by atoms with van der Waals surface area (Å²) in [5.41, 5.74) is 2.53. The molecule has 3 nitrogen and oxygen atoms in total. The van der Waals surface area contributed by atoms with Gasteiger partial charge < -0.3 is 5.32 Å². The normalized spacial score (nSPS) is 11.5. The summed E-state index contributed by atoms with van der Waals surface area (Å²) in [5.74, 6) is 1.68. The fourth-order valence-corrected chi connectivity index (χ4v) is 2.49. The van der Waals surface area contributed by atoms with Gasteiger partial charge in [0.05, 0.1) is 0 Å². The molecular weight excluding hydrogens is 326 g/mol. The first-order chi connectivity index (χ1) is 9.88. The Morgan fingerprint density at radius 1 is 1.10 bits per heavy atom. The van der Waals surface area contributed by atoms with Crippen molar-refractivity contribution in [3.63, 3.8) is 0 Å². The Bertz CT molecular complexity index is 600. The second kappa shape index (κ2) is 6.56. The molecule has 21 heavy (non-hydrogen) atoms. The molecule has 0 amide bonds. The van der Waals surface area contributed by atoms with E-state index in [2.05, 4.69) is 83.2 Å². The van der Waals surface area contributed by atoms with Gasteiger partial charge >= 0.3 is 0 Å². The first-order valence-corrected chi connectivity index (χ1v) is 8.09. The fourth-order valence-electron chi connectivity index (χ4n) is 2.07. The minimum absolute atomic E-state index is 0.171. The molecule has 1 aromatic carbocycles. The molecule has 0 atom stereocenters. The van der Waals surface area contributed by atoms with E-state index in [1.54, 1.807) is 0 Å². The standard InChI is InChI=1S/C17H22BrN3/c1-5-6-15-20-14(18)11-16(21-15)19-13-9-7-12(8-10-13)17(2,3)4/h7-11H,5-6H2,1-4H3,(H,19,20,21). The van der Waals surface area contributed by atoms with E-state index in [1.807, 2.05) is 6.07 Å². The minimum atomic E-state index is 0.171. The van der Waals surface area contributed by atoms with E-state index in [0.717, 1.165) is 34.8 Å². The average molecular weight is 348 g/mol. The zero-order valence-corrected chi connectivity index (χ0v) is 14.7. The molecule has 0 unspecified atom stereocenters. The minimum Gasteiger partial charge on any atom is -0.340 e. The zero-order chi connectivity index (χ0) is 15.5. The Balaban J connectivity index is 2.18. The van der Waals surface area contributed by atoms with Crippen molar-refractivity contribution in [2.45, 2.75) is 46.0 Å². The van der Waals surface area contributed by atoms with Crippen molar-refractivity contribution < 1.29 is 0 Å². The Morgan fingerprint density at radius 2 is 1.76 bits per heavy atom. The van der Waals surface area contributed by atoms with Gasteiger partial charge in [-0.2, -0.15) is 0 Å². The molecule has 2 rings (SSSR count). The molecule has 4 heteroatoms. The molecule has 1 aromatic heterocycles. The van der Waals surface area contributed by atoms with Crippen LogP contribution < -0.4 is 5.32 Å². The van der Waals surface area contributed by atoms with Crippen LogP contribution in [0.2, 0.25) is 0 Å². The Labute approximate surface area is 135 Å². The predicted octanol–water partition coefficient (Wildman–Crippen LogP) is 5.23. The lowest BCUT2D eigenvalue weighted by Crippen LogP contribution is -2.10. The molecule has 0 radical (unpaired) electrons. The quantitative estimate of drug-likeness (QED) is 0.769. The van der Waals surface area contributed by atoms with Crippen molar-refractivity contribution >= 4 is 27.4 Å². The van der Waals surface area contributed by atoms with Gasteiger partial charge in [-0.3, -0.25) is 0 Å². The molecule has 0 saturated carbocycles. The number of benzene rings is 1. The monoisotopic (exact) mass is 347 g/mol. The first-order valence-electron chi connectivity index (χ1n) is 7.29. The fraction of sp³-hybridized carbons (Fsp3) is 0.412. The Morgan fingerprint density at radius 3 is 2.33 bits per heavy atom. The van der Waals surface area contributed by atoms with Gasteiger partial charge in [-0.1, -0.05) is 39.8 Å². The van der Waals surface area contributed by atoms with Gasteiger partial charge in [0, 0.05) is 18.2 Å². The van der Waals surface area contributed by atoms with Crippen LogP contribution >= 0.6 is 15.9 Å². The lowest BCUT2D eigenvalue weighted by atomic mass is 9.87. The SMILES string of the molecule is CCCc1nc(Br)cc(Nc2ccc(C(C)(C)C)cc2)n1. The van der Waals surface area contributed by atoms with Crippen LogP contribution in [-0.4, -0.2) is 9.97 Å². The number of aromatic nitrogens is 2. The Kier molecular flexibility index (Phi) is 4.99. The van der Waals surface area contributed by atoms with Gasteiger partial charge in [0.25, 0.3) is 0 Å². The average Bonchev–Trinajstić information content (AvgIpc) is 2.38. The predicted molar refractivity (Wildman–Crippen MR) is 92.2 cm³/mol. The van der Waals surface area contributed by atoms with E-state index in [1.165, 1.54) is 5.56 Å². The summed E-state index contributed by atoms with van der Waals surface area (Å²) in [7, 11) is 0. The molecule has 0 aliphatic carbocycles. The van der Waals surface area contributed by atoms with Crippen molar-refractivity contribution in [3.05, 3.63) is 46.3 Å².